The van der Waals surface area contributed by atoms with Gasteiger partial charge in [-0.25, -0.2) is 15.0 Å². The van der Waals surface area contributed by atoms with Crippen molar-refractivity contribution >= 4 is 55.0 Å². The number of benzene rings is 10. The van der Waals surface area contributed by atoms with Gasteiger partial charge in [0.2, 0.25) is 0 Å². The van der Waals surface area contributed by atoms with Crippen molar-refractivity contribution in [3.63, 3.8) is 0 Å². The van der Waals surface area contributed by atoms with Gasteiger partial charge in [-0.1, -0.05) is 170 Å². The van der Waals surface area contributed by atoms with Gasteiger partial charge in [0.1, 0.15) is 22.3 Å². The highest BCUT2D eigenvalue weighted by Gasteiger charge is 2.51. The summed E-state index contributed by atoms with van der Waals surface area (Å²) in [5.74, 6) is 1.72. The monoisotopic (exact) mass is 929 g/mol. The van der Waals surface area contributed by atoms with Crippen molar-refractivity contribution in [3.8, 4) is 67.5 Å². The fraction of sp³-hybridized carbons (Fsp3) is 0.0147. The molecule has 0 aliphatic heterocycles. The minimum absolute atomic E-state index is 0.383. The topological polar surface area (TPSA) is 65.0 Å². The average Bonchev–Trinajstić information content (AvgIpc) is 4.18. The number of rotatable bonds is 6. The molecule has 3 aromatic heterocycles. The normalized spacial score (nSPS) is 13.8. The molecule has 0 bridgehead atoms. The molecule has 3 heterocycles. The van der Waals surface area contributed by atoms with Gasteiger partial charge in [0, 0.05) is 38.2 Å². The SMILES string of the molecule is C1=C(c2ccc3c(c2)C2(c4ccccc4-c4ccccc42)c2ccccc2-3)C=C1c1ccc2oc3cccc(-c4nc(-c5cccc(-c6ccccc6)c5)nc(-c5ccc6oc7ccccc7c6c5)n4)c3c2c1. The third kappa shape index (κ3) is 5.82. The van der Waals surface area contributed by atoms with Gasteiger partial charge in [-0.05, 0) is 145 Å². The Balaban J connectivity index is 0.807. The molecule has 16 rings (SSSR count). The van der Waals surface area contributed by atoms with E-state index in [-0.39, 0.29) is 5.41 Å². The number of furan rings is 2. The zero-order chi connectivity index (χ0) is 47.8. The molecule has 0 amide bonds. The third-order valence-corrected chi connectivity index (χ3v) is 15.5. The summed E-state index contributed by atoms with van der Waals surface area (Å²) >= 11 is 0. The van der Waals surface area contributed by atoms with Crippen LogP contribution >= 0.6 is 0 Å². The van der Waals surface area contributed by atoms with Gasteiger partial charge in [-0.2, -0.15) is 0 Å². The number of hydrogen-bond donors (Lipinski definition) is 0. The Kier molecular flexibility index (Phi) is 8.31. The van der Waals surface area contributed by atoms with Gasteiger partial charge >= 0.3 is 0 Å². The van der Waals surface area contributed by atoms with Crippen LogP contribution in [0.4, 0.5) is 0 Å². The number of nitrogens with zero attached hydrogens (tertiary/aromatic N) is 3. The van der Waals surface area contributed by atoms with E-state index < -0.39 is 0 Å². The molecule has 0 unspecified atom stereocenters. The molecular weight excluding hydrogens is 891 g/mol. The van der Waals surface area contributed by atoms with Crippen LogP contribution in [0, 0.1) is 0 Å². The van der Waals surface area contributed by atoms with Crippen LogP contribution < -0.4 is 0 Å². The summed E-state index contributed by atoms with van der Waals surface area (Å²) in [5, 5.41) is 4.02. The van der Waals surface area contributed by atoms with E-state index in [1.165, 1.54) is 61.2 Å². The van der Waals surface area contributed by atoms with Crippen LogP contribution in [0.3, 0.4) is 0 Å². The first-order valence-electron chi connectivity index (χ1n) is 24.8. The highest BCUT2D eigenvalue weighted by molar-refractivity contribution is 6.14. The molecule has 0 saturated carbocycles. The minimum atomic E-state index is -0.383. The molecule has 3 aliphatic rings. The Morgan fingerprint density at radius 3 is 1.49 bits per heavy atom. The zero-order valence-electron chi connectivity index (χ0n) is 39.2. The van der Waals surface area contributed by atoms with E-state index >= 15 is 0 Å². The predicted molar refractivity (Wildman–Crippen MR) is 295 cm³/mol. The smallest absolute Gasteiger partial charge is 0.164 e. The van der Waals surface area contributed by atoms with Crippen molar-refractivity contribution in [3.05, 3.63) is 270 Å². The van der Waals surface area contributed by atoms with Crippen LogP contribution in [0.25, 0.3) is 123 Å². The molecule has 0 radical (unpaired) electrons. The molecule has 0 fully saturated rings. The summed E-state index contributed by atoms with van der Waals surface area (Å²) in [6, 6.07) is 79.9. The van der Waals surface area contributed by atoms with E-state index in [0.717, 1.165) is 77.3 Å². The van der Waals surface area contributed by atoms with Crippen LogP contribution in [-0.2, 0) is 5.41 Å². The van der Waals surface area contributed by atoms with Crippen LogP contribution in [0.15, 0.2) is 245 Å². The van der Waals surface area contributed by atoms with E-state index in [9.17, 15) is 0 Å². The van der Waals surface area contributed by atoms with Crippen molar-refractivity contribution in [2.24, 2.45) is 0 Å². The Morgan fingerprint density at radius 1 is 0.274 bits per heavy atom. The van der Waals surface area contributed by atoms with E-state index in [4.69, 9.17) is 23.8 Å². The van der Waals surface area contributed by atoms with E-state index in [2.05, 4.69) is 188 Å². The first-order chi connectivity index (χ1) is 36.1. The number of hydrogen-bond acceptors (Lipinski definition) is 5. The van der Waals surface area contributed by atoms with E-state index in [1.54, 1.807) is 0 Å². The molecule has 0 atom stereocenters. The first-order valence-corrected chi connectivity index (χ1v) is 24.8. The van der Waals surface area contributed by atoms with Crippen LogP contribution in [0.5, 0.6) is 0 Å². The molecule has 5 heteroatoms. The predicted octanol–water partition coefficient (Wildman–Crippen LogP) is 17.2. The number of allylic oxidation sites excluding steroid dienone is 4. The number of para-hydroxylation sites is 1. The molecule has 338 valence electrons. The van der Waals surface area contributed by atoms with E-state index in [1.807, 2.05) is 48.5 Å². The lowest BCUT2D eigenvalue weighted by atomic mass is 9.70. The first kappa shape index (κ1) is 40.1. The fourth-order valence-electron chi connectivity index (χ4n) is 12.2. The lowest BCUT2D eigenvalue weighted by Crippen LogP contribution is -2.26. The van der Waals surface area contributed by atoms with Gasteiger partial charge in [-0.3, -0.25) is 0 Å². The van der Waals surface area contributed by atoms with Crippen molar-refractivity contribution in [2.75, 3.05) is 0 Å². The highest BCUT2D eigenvalue weighted by atomic mass is 16.3. The lowest BCUT2D eigenvalue weighted by molar-refractivity contribution is 0.668. The van der Waals surface area contributed by atoms with Crippen molar-refractivity contribution < 1.29 is 8.83 Å². The molecule has 0 N–H and O–H groups in total. The van der Waals surface area contributed by atoms with Gasteiger partial charge in [0.05, 0.1) is 5.41 Å². The second-order valence-electron chi connectivity index (χ2n) is 19.4. The Labute approximate surface area is 419 Å². The fourth-order valence-corrected chi connectivity index (χ4v) is 12.2. The van der Waals surface area contributed by atoms with Crippen molar-refractivity contribution in [1.82, 2.24) is 15.0 Å². The largest absolute Gasteiger partial charge is 0.456 e. The summed E-state index contributed by atoms with van der Waals surface area (Å²) in [5.41, 5.74) is 23.0. The van der Waals surface area contributed by atoms with Crippen molar-refractivity contribution in [2.45, 2.75) is 5.41 Å². The van der Waals surface area contributed by atoms with Crippen molar-refractivity contribution in [1.29, 1.82) is 0 Å². The highest BCUT2D eigenvalue weighted by Crippen LogP contribution is 2.63. The maximum absolute atomic E-state index is 6.61. The molecular formula is C68H39N3O2. The quantitative estimate of drug-likeness (QED) is 0.166. The second kappa shape index (κ2) is 15.1. The van der Waals surface area contributed by atoms with Gasteiger partial charge < -0.3 is 8.83 Å². The molecule has 0 saturated heterocycles. The zero-order valence-corrected chi connectivity index (χ0v) is 39.2. The maximum atomic E-state index is 6.61. The van der Waals surface area contributed by atoms with Gasteiger partial charge in [-0.15, -0.1) is 0 Å². The third-order valence-electron chi connectivity index (χ3n) is 15.5. The van der Waals surface area contributed by atoms with Gasteiger partial charge in [0.15, 0.2) is 17.5 Å². The summed E-state index contributed by atoms with van der Waals surface area (Å²) < 4.78 is 12.8. The molecule has 73 heavy (non-hydrogen) atoms. The lowest BCUT2D eigenvalue weighted by Gasteiger charge is -2.31. The molecule has 1 spiro atoms. The second-order valence-corrected chi connectivity index (χ2v) is 19.4. The number of fused-ring (bicyclic) bond motifs is 16. The Bertz CT molecular complexity index is 4510. The number of aromatic nitrogens is 3. The summed E-state index contributed by atoms with van der Waals surface area (Å²) in [4.78, 5) is 15.8. The molecule has 10 aromatic carbocycles. The standard InChI is InChI=1S/C68H39N3O2/c1-2-14-40(15-3-1)41-16-12-17-44(34-41)65-69-66(45-30-33-61-54(38-45)52-21-7-11-26-60(52)72-61)71-67(70-65)53-22-13-27-63-64(53)55-37-42(29-32-62(55)73-63)46-35-47(36-46)43-28-31-51-50-20-6-10-25-58(50)68(59(51)39-43)56-23-8-4-18-48(56)49-19-5-9-24-57(49)68/h1-39H. The molecule has 13 aromatic rings. The van der Waals surface area contributed by atoms with E-state index in [0.29, 0.717) is 17.5 Å². The van der Waals surface area contributed by atoms with Crippen LogP contribution in [0.1, 0.15) is 33.4 Å². The molecule has 3 aliphatic carbocycles. The summed E-state index contributed by atoms with van der Waals surface area (Å²) in [6.07, 6.45) is 4.65. The Morgan fingerprint density at radius 2 is 0.753 bits per heavy atom. The van der Waals surface area contributed by atoms with Gasteiger partial charge in [0.25, 0.3) is 0 Å². The molecule has 5 nitrogen and oxygen atoms in total. The summed E-state index contributed by atoms with van der Waals surface area (Å²) in [7, 11) is 0. The Hall–Kier alpha value is -9.71. The average molecular weight is 930 g/mol. The van der Waals surface area contributed by atoms with Crippen LogP contribution in [-0.4, -0.2) is 15.0 Å². The van der Waals surface area contributed by atoms with Crippen LogP contribution in [0.2, 0.25) is 0 Å². The maximum Gasteiger partial charge on any atom is 0.164 e. The minimum Gasteiger partial charge on any atom is -0.456 e. The summed E-state index contributed by atoms with van der Waals surface area (Å²) in [6.45, 7) is 0.